The van der Waals surface area contributed by atoms with E-state index in [2.05, 4.69) is 6.08 Å². The minimum atomic E-state index is -0.103. The smallest absolute Gasteiger partial charge is 0.0729 e. The molecule has 2 saturated carbocycles. The Morgan fingerprint density at radius 2 is 2.17 bits per heavy atom. The molecule has 3 aliphatic rings. The molecule has 0 radical (unpaired) electrons. The van der Waals surface area contributed by atoms with Crippen LogP contribution >= 0.6 is 0 Å². The van der Waals surface area contributed by atoms with Gasteiger partial charge in [0.25, 0.3) is 0 Å². The SMILES string of the molecule is O[C@@H]1C=C2[C@H]3CCC[C@@H](C3)[C@H]2C1. The summed E-state index contributed by atoms with van der Waals surface area (Å²) in [5.41, 5.74) is 1.63. The number of hydrogen-bond acceptors (Lipinski definition) is 1. The van der Waals surface area contributed by atoms with E-state index in [4.69, 9.17) is 0 Å². The van der Waals surface area contributed by atoms with Gasteiger partial charge in [0.2, 0.25) is 0 Å². The highest BCUT2D eigenvalue weighted by Crippen LogP contribution is 2.53. The summed E-state index contributed by atoms with van der Waals surface area (Å²) in [7, 11) is 0. The normalized spacial score (nSPS) is 50.6. The Morgan fingerprint density at radius 1 is 1.25 bits per heavy atom. The van der Waals surface area contributed by atoms with Gasteiger partial charge in [-0.25, -0.2) is 0 Å². The molecular formula is C11H16O. The maximum Gasteiger partial charge on any atom is 0.0729 e. The van der Waals surface area contributed by atoms with Crippen molar-refractivity contribution in [3.8, 4) is 0 Å². The monoisotopic (exact) mass is 164 g/mol. The molecule has 0 aromatic heterocycles. The van der Waals surface area contributed by atoms with Crippen LogP contribution in [0.15, 0.2) is 11.6 Å². The molecule has 4 atom stereocenters. The van der Waals surface area contributed by atoms with E-state index in [0.29, 0.717) is 0 Å². The first-order valence-corrected chi connectivity index (χ1v) is 5.24. The zero-order valence-electron chi connectivity index (χ0n) is 7.37. The molecule has 0 aromatic rings. The molecule has 2 bridgehead atoms. The summed E-state index contributed by atoms with van der Waals surface area (Å²) in [6.45, 7) is 0. The minimum Gasteiger partial charge on any atom is -0.389 e. The van der Waals surface area contributed by atoms with Crippen molar-refractivity contribution < 1.29 is 5.11 Å². The number of rotatable bonds is 0. The van der Waals surface area contributed by atoms with Gasteiger partial charge in [-0.15, -0.1) is 0 Å². The van der Waals surface area contributed by atoms with E-state index in [1.807, 2.05) is 0 Å². The van der Waals surface area contributed by atoms with Crippen LogP contribution < -0.4 is 0 Å². The molecule has 0 aliphatic heterocycles. The molecule has 2 fully saturated rings. The molecule has 0 heterocycles. The van der Waals surface area contributed by atoms with E-state index in [9.17, 15) is 5.11 Å². The van der Waals surface area contributed by atoms with Gasteiger partial charge in [-0.2, -0.15) is 0 Å². The minimum absolute atomic E-state index is 0.103. The lowest BCUT2D eigenvalue weighted by Gasteiger charge is -2.20. The van der Waals surface area contributed by atoms with Gasteiger partial charge in [0.05, 0.1) is 6.10 Å². The topological polar surface area (TPSA) is 20.2 Å². The van der Waals surface area contributed by atoms with Crippen LogP contribution in [0.2, 0.25) is 0 Å². The van der Waals surface area contributed by atoms with Crippen LogP contribution in [0.4, 0.5) is 0 Å². The second-order valence-electron chi connectivity index (χ2n) is 4.70. The fourth-order valence-electron chi connectivity index (χ4n) is 3.61. The van der Waals surface area contributed by atoms with E-state index in [-0.39, 0.29) is 6.10 Å². The van der Waals surface area contributed by atoms with Crippen molar-refractivity contribution in [3.05, 3.63) is 11.6 Å². The maximum absolute atomic E-state index is 9.51. The molecule has 1 N–H and O–H groups in total. The van der Waals surface area contributed by atoms with Gasteiger partial charge in [-0.1, -0.05) is 18.1 Å². The maximum atomic E-state index is 9.51. The highest BCUT2D eigenvalue weighted by molar-refractivity contribution is 5.26. The van der Waals surface area contributed by atoms with Crippen LogP contribution in [0, 0.1) is 17.8 Å². The molecular weight excluding hydrogens is 148 g/mol. The zero-order chi connectivity index (χ0) is 8.13. The molecule has 66 valence electrons. The van der Waals surface area contributed by atoms with Crippen molar-refractivity contribution in [3.63, 3.8) is 0 Å². The largest absolute Gasteiger partial charge is 0.389 e. The number of fused-ring (bicyclic) bond motifs is 5. The summed E-state index contributed by atoms with van der Waals surface area (Å²) in [4.78, 5) is 0. The summed E-state index contributed by atoms with van der Waals surface area (Å²) in [5.74, 6) is 2.59. The van der Waals surface area contributed by atoms with Crippen LogP contribution in [0.25, 0.3) is 0 Å². The third kappa shape index (κ3) is 0.832. The van der Waals surface area contributed by atoms with Crippen LogP contribution in [0.5, 0.6) is 0 Å². The van der Waals surface area contributed by atoms with Gasteiger partial charge < -0.3 is 5.11 Å². The lowest BCUT2D eigenvalue weighted by molar-refractivity contribution is 0.190. The lowest BCUT2D eigenvalue weighted by atomic mass is 9.85. The quantitative estimate of drug-likeness (QED) is 0.544. The Labute approximate surface area is 73.5 Å². The van der Waals surface area contributed by atoms with Gasteiger partial charge in [0.1, 0.15) is 0 Å². The molecule has 0 spiro atoms. The third-order valence-electron chi connectivity index (χ3n) is 4.06. The number of hydrogen-bond donors (Lipinski definition) is 1. The molecule has 0 aromatic carbocycles. The Bertz CT molecular complexity index is 231. The molecule has 0 saturated heterocycles. The van der Waals surface area contributed by atoms with Crippen molar-refractivity contribution in [2.75, 3.05) is 0 Å². The summed E-state index contributed by atoms with van der Waals surface area (Å²) >= 11 is 0. The summed E-state index contributed by atoms with van der Waals surface area (Å²) in [6.07, 6.45) is 8.77. The van der Waals surface area contributed by atoms with E-state index in [1.165, 1.54) is 25.7 Å². The van der Waals surface area contributed by atoms with Crippen molar-refractivity contribution in [2.45, 2.75) is 38.2 Å². The van der Waals surface area contributed by atoms with Crippen LogP contribution in [-0.2, 0) is 0 Å². The van der Waals surface area contributed by atoms with Gasteiger partial charge in [0, 0.05) is 0 Å². The predicted octanol–water partition coefficient (Wildman–Crippen LogP) is 2.11. The fraction of sp³-hybridized carbons (Fsp3) is 0.818. The highest BCUT2D eigenvalue weighted by atomic mass is 16.3. The van der Waals surface area contributed by atoms with Crippen molar-refractivity contribution in [1.29, 1.82) is 0 Å². The molecule has 1 heteroatoms. The Hall–Kier alpha value is -0.300. The summed E-state index contributed by atoms with van der Waals surface area (Å²) < 4.78 is 0. The highest BCUT2D eigenvalue weighted by Gasteiger charge is 2.44. The van der Waals surface area contributed by atoms with Crippen LogP contribution in [0.1, 0.15) is 32.1 Å². The third-order valence-corrected chi connectivity index (χ3v) is 4.06. The summed E-state index contributed by atoms with van der Waals surface area (Å²) in [6, 6.07) is 0. The van der Waals surface area contributed by atoms with Gasteiger partial charge >= 0.3 is 0 Å². The first-order valence-electron chi connectivity index (χ1n) is 5.24. The molecule has 12 heavy (non-hydrogen) atoms. The van der Waals surface area contributed by atoms with Crippen molar-refractivity contribution in [1.82, 2.24) is 0 Å². The average Bonchev–Trinajstić information content (AvgIpc) is 2.55. The summed E-state index contributed by atoms with van der Waals surface area (Å²) in [5, 5.41) is 9.51. The second kappa shape index (κ2) is 2.35. The Morgan fingerprint density at radius 3 is 3.08 bits per heavy atom. The van der Waals surface area contributed by atoms with Crippen molar-refractivity contribution >= 4 is 0 Å². The standard InChI is InChI=1S/C11H16O/c12-9-5-10-7-2-1-3-8(4-7)11(10)6-9/h5,7-9,11-12H,1-4,6H2/t7-,8-,9+,11+/m0/s1. The van der Waals surface area contributed by atoms with Crippen molar-refractivity contribution in [2.24, 2.45) is 17.8 Å². The van der Waals surface area contributed by atoms with Gasteiger partial charge in [-0.05, 0) is 43.4 Å². The first-order chi connectivity index (χ1) is 5.84. The molecule has 3 rings (SSSR count). The second-order valence-corrected chi connectivity index (χ2v) is 4.70. The van der Waals surface area contributed by atoms with E-state index in [0.717, 1.165) is 24.2 Å². The molecule has 1 nitrogen and oxygen atoms in total. The fourth-order valence-corrected chi connectivity index (χ4v) is 3.61. The van der Waals surface area contributed by atoms with E-state index < -0.39 is 0 Å². The predicted molar refractivity (Wildman–Crippen MR) is 47.6 cm³/mol. The first kappa shape index (κ1) is 7.14. The average molecular weight is 164 g/mol. The molecule has 3 aliphatic carbocycles. The molecule has 0 amide bonds. The number of allylic oxidation sites excluding steroid dienone is 1. The Balaban J connectivity index is 1.95. The van der Waals surface area contributed by atoms with Crippen LogP contribution in [-0.4, -0.2) is 11.2 Å². The van der Waals surface area contributed by atoms with E-state index >= 15 is 0 Å². The lowest BCUT2D eigenvalue weighted by Crippen LogP contribution is -2.12. The zero-order valence-corrected chi connectivity index (χ0v) is 7.37. The molecule has 0 unspecified atom stereocenters. The van der Waals surface area contributed by atoms with Gasteiger partial charge in [0.15, 0.2) is 0 Å². The number of aliphatic hydroxyl groups is 1. The number of aliphatic hydroxyl groups excluding tert-OH is 1. The Kier molecular flexibility index (Phi) is 1.40. The van der Waals surface area contributed by atoms with Crippen LogP contribution in [0.3, 0.4) is 0 Å². The van der Waals surface area contributed by atoms with E-state index in [1.54, 1.807) is 5.57 Å². The van der Waals surface area contributed by atoms with Gasteiger partial charge in [-0.3, -0.25) is 0 Å².